The lowest BCUT2D eigenvalue weighted by molar-refractivity contribution is -0.133. The highest BCUT2D eigenvalue weighted by Gasteiger charge is 2.44. The Morgan fingerprint density at radius 2 is 1.54 bits per heavy atom. The summed E-state index contributed by atoms with van der Waals surface area (Å²) in [4.78, 5) is 62.5. The van der Waals surface area contributed by atoms with Gasteiger partial charge in [0.05, 0.1) is 26.4 Å². The van der Waals surface area contributed by atoms with Gasteiger partial charge in [0.1, 0.15) is 17.8 Å². The van der Waals surface area contributed by atoms with E-state index >= 15 is 0 Å². The molecular weight excluding hydrogens is 727 g/mol. The van der Waals surface area contributed by atoms with E-state index in [4.69, 9.17) is 9.47 Å². The van der Waals surface area contributed by atoms with E-state index in [1.54, 1.807) is 34.1 Å². The van der Waals surface area contributed by atoms with Gasteiger partial charge in [-0.05, 0) is 59.6 Å². The van der Waals surface area contributed by atoms with Crippen LogP contribution in [0.1, 0.15) is 64.1 Å². The fraction of sp³-hybridized carbons (Fsp3) is 0.512. The lowest BCUT2D eigenvalue weighted by atomic mass is 9.84. The average Bonchev–Trinajstić information content (AvgIpc) is 3.50. The minimum atomic E-state index is -1.21. The Morgan fingerprint density at radius 3 is 2.14 bits per heavy atom. The van der Waals surface area contributed by atoms with E-state index in [1.165, 1.54) is 7.11 Å². The summed E-state index contributed by atoms with van der Waals surface area (Å²) >= 11 is 0. The van der Waals surface area contributed by atoms with Crippen molar-refractivity contribution in [3.8, 4) is 5.75 Å². The first-order valence-electron chi connectivity index (χ1n) is 19.4. The molecular formula is C43H61N7O7. The molecule has 310 valence electrons. The van der Waals surface area contributed by atoms with Gasteiger partial charge in [0.15, 0.2) is 0 Å². The molecule has 0 unspecified atom stereocenters. The van der Waals surface area contributed by atoms with Gasteiger partial charge in [-0.2, -0.15) is 0 Å². The van der Waals surface area contributed by atoms with Gasteiger partial charge < -0.3 is 35.0 Å². The lowest BCUT2D eigenvalue weighted by Gasteiger charge is -2.38. The number of carbonyl (C=O) groups is 4. The Labute approximate surface area is 337 Å². The Bertz CT molecular complexity index is 1790. The Balaban J connectivity index is 1.59. The molecule has 4 N–H and O–H groups in total. The van der Waals surface area contributed by atoms with Crippen molar-refractivity contribution >= 4 is 23.9 Å². The smallest absolute Gasteiger partial charge is 0.407 e. The molecule has 0 spiro atoms. The van der Waals surface area contributed by atoms with E-state index in [2.05, 4.69) is 21.0 Å². The summed E-state index contributed by atoms with van der Waals surface area (Å²) in [6, 6.07) is 19.8. The Morgan fingerprint density at radius 1 is 0.860 bits per heavy atom. The van der Waals surface area contributed by atoms with Crippen LogP contribution in [0.15, 0.2) is 72.8 Å². The molecule has 1 aliphatic heterocycles. The van der Waals surface area contributed by atoms with Gasteiger partial charge >= 0.3 is 12.1 Å². The molecule has 1 aromatic heterocycles. The van der Waals surface area contributed by atoms with Crippen LogP contribution in [-0.4, -0.2) is 113 Å². The number of aliphatic hydroxyl groups is 1. The van der Waals surface area contributed by atoms with Gasteiger partial charge in [-0.3, -0.25) is 20.0 Å². The van der Waals surface area contributed by atoms with Crippen molar-refractivity contribution < 1.29 is 33.8 Å². The maximum absolute atomic E-state index is 14.5. The number of carbonyl (C=O) groups excluding carboxylic acids is 4. The van der Waals surface area contributed by atoms with Crippen LogP contribution in [0.5, 0.6) is 5.75 Å². The normalized spacial score (nSPS) is 15.5. The zero-order valence-electron chi connectivity index (χ0n) is 34.9. The number of hydrogen-bond acceptors (Lipinski definition) is 9. The number of ether oxygens (including phenoxy) is 2. The van der Waals surface area contributed by atoms with Crippen LogP contribution in [0.3, 0.4) is 0 Å². The number of aromatic nitrogens is 1. The molecule has 2 heterocycles. The number of benzene rings is 2. The number of methoxy groups -OCH3 is 2. The van der Waals surface area contributed by atoms with E-state index in [9.17, 15) is 24.3 Å². The van der Waals surface area contributed by atoms with Crippen molar-refractivity contribution in [3.05, 3.63) is 95.3 Å². The molecule has 14 heteroatoms. The lowest BCUT2D eigenvalue weighted by Crippen LogP contribution is -2.61. The van der Waals surface area contributed by atoms with E-state index in [0.29, 0.717) is 31.8 Å². The molecule has 4 rings (SSSR count). The van der Waals surface area contributed by atoms with Crippen molar-refractivity contribution in [2.75, 3.05) is 40.4 Å². The van der Waals surface area contributed by atoms with Crippen LogP contribution in [0.4, 0.5) is 9.59 Å². The number of nitrogens with zero attached hydrogens (tertiary/aromatic N) is 4. The quantitative estimate of drug-likeness (QED) is 0.144. The molecule has 1 saturated heterocycles. The highest BCUT2D eigenvalue weighted by atomic mass is 16.5. The van der Waals surface area contributed by atoms with Crippen LogP contribution in [-0.2, 0) is 33.7 Å². The number of hydrazine groups is 1. The van der Waals surface area contributed by atoms with Gasteiger partial charge in [0.2, 0.25) is 5.91 Å². The monoisotopic (exact) mass is 787 g/mol. The molecule has 5 amide bonds. The maximum atomic E-state index is 14.5. The first-order chi connectivity index (χ1) is 26.9. The average molecular weight is 788 g/mol. The highest BCUT2D eigenvalue weighted by molar-refractivity contribution is 5.89. The number of rotatable bonds is 17. The molecule has 2 aromatic carbocycles. The third kappa shape index (κ3) is 12.9. The van der Waals surface area contributed by atoms with Crippen molar-refractivity contribution in [1.82, 2.24) is 35.9 Å². The molecule has 4 atom stereocenters. The summed E-state index contributed by atoms with van der Waals surface area (Å²) < 4.78 is 10.1. The minimum Gasteiger partial charge on any atom is -0.497 e. The number of aryl methyl sites for hydroxylation is 1. The first-order valence-corrected chi connectivity index (χ1v) is 19.4. The summed E-state index contributed by atoms with van der Waals surface area (Å²) in [6.45, 7) is 14.5. The summed E-state index contributed by atoms with van der Waals surface area (Å²) in [5.74, 6) is -0.245. The van der Waals surface area contributed by atoms with Crippen molar-refractivity contribution in [2.24, 2.45) is 10.8 Å². The summed E-state index contributed by atoms with van der Waals surface area (Å²) in [5, 5.41) is 19.4. The zero-order valence-corrected chi connectivity index (χ0v) is 34.9. The molecule has 1 fully saturated rings. The predicted molar refractivity (Wildman–Crippen MR) is 218 cm³/mol. The van der Waals surface area contributed by atoms with Crippen molar-refractivity contribution in [1.29, 1.82) is 0 Å². The number of amides is 5. The maximum Gasteiger partial charge on any atom is 0.407 e. The van der Waals surface area contributed by atoms with Crippen LogP contribution in [0.25, 0.3) is 0 Å². The van der Waals surface area contributed by atoms with Crippen molar-refractivity contribution in [3.63, 3.8) is 0 Å². The molecule has 0 aliphatic carbocycles. The summed E-state index contributed by atoms with van der Waals surface area (Å²) in [6.07, 6.45) is -1.10. The summed E-state index contributed by atoms with van der Waals surface area (Å²) in [7, 11) is 2.80. The molecule has 57 heavy (non-hydrogen) atoms. The van der Waals surface area contributed by atoms with Gasteiger partial charge in [-0.15, -0.1) is 0 Å². The topological polar surface area (TPSA) is 166 Å². The Kier molecular flexibility index (Phi) is 15.4. The molecule has 3 aromatic rings. The van der Waals surface area contributed by atoms with E-state index < -0.39 is 47.1 Å². The molecule has 0 radical (unpaired) electrons. The Hall–Kier alpha value is -5.21. The number of aliphatic hydroxyl groups excluding tert-OH is 1. The first kappa shape index (κ1) is 44.5. The third-order valence-corrected chi connectivity index (χ3v) is 9.97. The van der Waals surface area contributed by atoms with E-state index in [1.807, 2.05) is 109 Å². The molecule has 0 bridgehead atoms. The van der Waals surface area contributed by atoms with Crippen LogP contribution < -0.4 is 20.8 Å². The van der Waals surface area contributed by atoms with E-state index in [-0.39, 0.29) is 31.4 Å². The largest absolute Gasteiger partial charge is 0.497 e. The number of alkyl carbamates (subject to hydrolysis) is 1. The second-order valence-corrected chi connectivity index (χ2v) is 16.8. The second-order valence-electron chi connectivity index (χ2n) is 16.8. The van der Waals surface area contributed by atoms with E-state index in [0.717, 1.165) is 22.5 Å². The summed E-state index contributed by atoms with van der Waals surface area (Å²) in [5.41, 5.74) is 5.06. The van der Waals surface area contributed by atoms with Gasteiger partial charge in [-0.25, -0.2) is 14.6 Å². The number of urea groups is 1. The second kappa shape index (κ2) is 19.8. The standard InChI is InChI=1S/C43H61N7O7/c1-29-14-13-17-32(44-29)22-23-48-24-25-50(41(48)55)37(43(5,6)7)39(53)45-34(26-30-15-11-10-12-16-30)35(51)28-49(27-31-18-20-33(56-8)21-19-31)47-38(52)36(42(2,3)4)46-40(54)57-9/h10-21,34-37,51H,22-28H2,1-9H3,(H,45,53)(H,46,54)(H,47,52)/t34-,35-,36+,37+/m0/s1. The predicted octanol–water partition coefficient (Wildman–Crippen LogP) is 4.49. The minimum absolute atomic E-state index is 0.103. The number of hydrogen-bond donors (Lipinski definition) is 4. The SMILES string of the molecule is COC(=O)N[C@H](C(=O)NN(Cc1ccc(OC)cc1)C[C@H](O)[C@H](Cc1ccccc1)NC(=O)[C@@H](N1CCN(CCc2cccc(C)n2)C1=O)C(C)(C)C)C(C)(C)C. The highest BCUT2D eigenvalue weighted by Crippen LogP contribution is 2.29. The van der Waals surface area contributed by atoms with Crippen molar-refractivity contribution in [2.45, 2.75) is 92.1 Å². The van der Waals surface area contributed by atoms with Gasteiger partial charge in [0, 0.05) is 50.5 Å². The zero-order chi connectivity index (χ0) is 41.9. The third-order valence-electron chi connectivity index (χ3n) is 9.97. The molecule has 14 nitrogen and oxygen atoms in total. The van der Waals surface area contributed by atoms with Crippen LogP contribution in [0, 0.1) is 17.8 Å². The molecule has 0 saturated carbocycles. The van der Waals surface area contributed by atoms with Gasteiger partial charge in [-0.1, -0.05) is 90.1 Å². The number of pyridine rings is 1. The van der Waals surface area contributed by atoms with Gasteiger partial charge in [0.25, 0.3) is 5.91 Å². The fourth-order valence-electron chi connectivity index (χ4n) is 6.98. The fourth-order valence-corrected chi connectivity index (χ4v) is 6.98. The number of nitrogens with one attached hydrogen (secondary N) is 3. The van der Waals surface area contributed by atoms with Crippen LogP contribution in [0.2, 0.25) is 0 Å². The molecule has 1 aliphatic rings. The van der Waals surface area contributed by atoms with Crippen LogP contribution >= 0.6 is 0 Å².